The first-order chi connectivity index (χ1) is 8.99. The molecular weight excluding hydrogens is 238 g/mol. The highest BCUT2D eigenvalue weighted by Crippen LogP contribution is 2.12. The Bertz CT molecular complexity index is 417. The van der Waals surface area contributed by atoms with Gasteiger partial charge in [0.1, 0.15) is 5.75 Å². The van der Waals surface area contributed by atoms with Gasteiger partial charge in [-0.3, -0.25) is 4.90 Å². The van der Waals surface area contributed by atoms with Crippen LogP contribution in [0.25, 0.3) is 0 Å². The SMILES string of the molecule is C#CC(C)(C)N(C)CCOCc1ccc(OC)cc1. The van der Waals surface area contributed by atoms with Crippen molar-refractivity contribution in [3.63, 3.8) is 0 Å². The second-order valence-corrected chi connectivity index (χ2v) is 5.03. The van der Waals surface area contributed by atoms with E-state index in [0.29, 0.717) is 13.2 Å². The monoisotopic (exact) mass is 261 g/mol. The molecular formula is C16H23NO2. The van der Waals surface area contributed by atoms with Gasteiger partial charge < -0.3 is 9.47 Å². The fourth-order valence-electron chi connectivity index (χ4n) is 1.50. The van der Waals surface area contributed by atoms with Crippen LogP contribution in [-0.4, -0.2) is 37.7 Å². The van der Waals surface area contributed by atoms with Crippen molar-refractivity contribution >= 4 is 0 Å². The van der Waals surface area contributed by atoms with E-state index in [4.69, 9.17) is 15.9 Å². The van der Waals surface area contributed by atoms with Crippen LogP contribution < -0.4 is 4.74 Å². The molecule has 0 aliphatic rings. The van der Waals surface area contributed by atoms with Gasteiger partial charge in [-0.2, -0.15) is 0 Å². The topological polar surface area (TPSA) is 21.7 Å². The number of terminal acetylenes is 1. The first-order valence-electron chi connectivity index (χ1n) is 6.39. The van der Waals surface area contributed by atoms with Crippen molar-refractivity contribution in [2.45, 2.75) is 26.0 Å². The van der Waals surface area contributed by atoms with Crippen LogP contribution in [0.15, 0.2) is 24.3 Å². The zero-order valence-corrected chi connectivity index (χ0v) is 12.3. The van der Waals surface area contributed by atoms with E-state index in [-0.39, 0.29) is 5.54 Å². The molecule has 0 aliphatic carbocycles. The minimum atomic E-state index is -0.233. The van der Waals surface area contributed by atoms with E-state index in [1.807, 2.05) is 45.2 Å². The number of benzene rings is 1. The predicted octanol–water partition coefficient (Wildman–Crippen LogP) is 2.56. The Labute approximate surface area is 116 Å². The molecule has 104 valence electrons. The molecule has 0 fully saturated rings. The lowest BCUT2D eigenvalue weighted by molar-refractivity contribution is 0.0815. The van der Waals surface area contributed by atoms with Crippen LogP contribution in [0.2, 0.25) is 0 Å². The number of rotatable bonds is 7. The molecule has 1 aromatic carbocycles. The van der Waals surface area contributed by atoms with Gasteiger partial charge in [0.05, 0.1) is 25.9 Å². The Balaban J connectivity index is 2.29. The van der Waals surface area contributed by atoms with Crippen LogP contribution in [0.1, 0.15) is 19.4 Å². The molecule has 0 radical (unpaired) electrons. The van der Waals surface area contributed by atoms with Gasteiger partial charge in [0.25, 0.3) is 0 Å². The minimum absolute atomic E-state index is 0.233. The van der Waals surface area contributed by atoms with Gasteiger partial charge in [-0.1, -0.05) is 18.1 Å². The van der Waals surface area contributed by atoms with E-state index < -0.39 is 0 Å². The Kier molecular flexibility index (Phi) is 5.88. The average molecular weight is 261 g/mol. The van der Waals surface area contributed by atoms with Crippen molar-refractivity contribution in [1.82, 2.24) is 4.90 Å². The Morgan fingerprint density at radius 3 is 2.42 bits per heavy atom. The van der Waals surface area contributed by atoms with E-state index >= 15 is 0 Å². The number of hydrogen-bond acceptors (Lipinski definition) is 3. The molecule has 0 spiro atoms. The van der Waals surface area contributed by atoms with Crippen molar-refractivity contribution in [2.24, 2.45) is 0 Å². The van der Waals surface area contributed by atoms with Crippen molar-refractivity contribution in [2.75, 3.05) is 27.3 Å². The Morgan fingerprint density at radius 1 is 1.26 bits per heavy atom. The summed E-state index contributed by atoms with van der Waals surface area (Å²) in [4.78, 5) is 2.11. The van der Waals surface area contributed by atoms with Crippen molar-refractivity contribution in [3.05, 3.63) is 29.8 Å². The van der Waals surface area contributed by atoms with Gasteiger partial charge in [0, 0.05) is 6.54 Å². The Hall–Kier alpha value is -1.50. The highest BCUT2D eigenvalue weighted by Gasteiger charge is 2.19. The zero-order chi connectivity index (χ0) is 14.3. The molecule has 19 heavy (non-hydrogen) atoms. The molecule has 0 heterocycles. The van der Waals surface area contributed by atoms with Gasteiger partial charge >= 0.3 is 0 Å². The normalized spacial score (nSPS) is 11.4. The lowest BCUT2D eigenvalue weighted by Crippen LogP contribution is -2.41. The standard InChI is InChI=1S/C16H23NO2/c1-6-16(2,3)17(4)11-12-19-13-14-7-9-15(18-5)10-8-14/h1,7-10H,11-13H2,2-5H3. The summed E-state index contributed by atoms with van der Waals surface area (Å²) < 4.78 is 10.8. The maximum Gasteiger partial charge on any atom is 0.118 e. The van der Waals surface area contributed by atoms with E-state index in [2.05, 4.69) is 10.8 Å². The smallest absolute Gasteiger partial charge is 0.118 e. The molecule has 3 nitrogen and oxygen atoms in total. The first kappa shape index (κ1) is 15.6. The molecule has 0 amide bonds. The minimum Gasteiger partial charge on any atom is -0.497 e. The molecule has 0 atom stereocenters. The van der Waals surface area contributed by atoms with Crippen LogP contribution in [0.3, 0.4) is 0 Å². The number of hydrogen-bond donors (Lipinski definition) is 0. The highest BCUT2D eigenvalue weighted by molar-refractivity contribution is 5.26. The van der Waals surface area contributed by atoms with Crippen molar-refractivity contribution < 1.29 is 9.47 Å². The maximum absolute atomic E-state index is 5.65. The maximum atomic E-state index is 5.65. The summed E-state index contributed by atoms with van der Waals surface area (Å²) in [6.45, 7) is 6.13. The molecule has 0 unspecified atom stereocenters. The van der Waals surface area contributed by atoms with Crippen LogP contribution in [-0.2, 0) is 11.3 Å². The van der Waals surface area contributed by atoms with Gasteiger partial charge in [0.15, 0.2) is 0 Å². The zero-order valence-electron chi connectivity index (χ0n) is 12.3. The predicted molar refractivity (Wildman–Crippen MR) is 78.2 cm³/mol. The molecule has 0 saturated heterocycles. The summed E-state index contributed by atoms with van der Waals surface area (Å²) in [7, 11) is 3.67. The van der Waals surface area contributed by atoms with Crippen LogP contribution in [0, 0.1) is 12.3 Å². The summed E-state index contributed by atoms with van der Waals surface area (Å²) >= 11 is 0. The fraction of sp³-hybridized carbons (Fsp3) is 0.500. The van der Waals surface area contributed by atoms with E-state index in [1.54, 1.807) is 7.11 Å². The molecule has 1 rings (SSSR count). The summed E-state index contributed by atoms with van der Waals surface area (Å²) in [6.07, 6.45) is 5.49. The molecule has 0 N–H and O–H groups in total. The van der Waals surface area contributed by atoms with E-state index in [0.717, 1.165) is 17.9 Å². The molecule has 3 heteroatoms. The number of nitrogens with zero attached hydrogens (tertiary/aromatic N) is 1. The van der Waals surface area contributed by atoms with Crippen LogP contribution in [0.5, 0.6) is 5.75 Å². The first-order valence-corrected chi connectivity index (χ1v) is 6.39. The van der Waals surface area contributed by atoms with Gasteiger partial charge in [-0.05, 0) is 38.6 Å². The summed E-state index contributed by atoms with van der Waals surface area (Å²) in [5.74, 6) is 3.63. The Morgan fingerprint density at radius 2 is 1.89 bits per heavy atom. The van der Waals surface area contributed by atoms with Crippen LogP contribution in [0.4, 0.5) is 0 Å². The summed E-state index contributed by atoms with van der Waals surface area (Å²) in [5, 5.41) is 0. The van der Waals surface area contributed by atoms with Crippen LogP contribution >= 0.6 is 0 Å². The molecule has 1 aromatic rings. The summed E-state index contributed by atoms with van der Waals surface area (Å²) in [5.41, 5.74) is 0.906. The largest absolute Gasteiger partial charge is 0.497 e. The third-order valence-electron chi connectivity index (χ3n) is 3.31. The third kappa shape index (κ3) is 4.94. The lowest BCUT2D eigenvalue weighted by atomic mass is 10.1. The quantitative estimate of drug-likeness (QED) is 0.556. The average Bonchev–Trinajstić information content (AvgIpc) is 2.43. The second-order valence-electron chi connectivity index (χ2n) is 5.03. The van der Waals surface area contributed by atoms with Gasteiger partial charge in [0.2, 0.25) is 0 Å². The van der Waals surface area contributed by atoms with E-state index in [1.165, 1.54) is 0 Å². The second kappa shape index (κ2) is 7.18. The molecule has 0 aromatic heterocycles. The fourth-order valence-corrected chi connectivity index (χ4v) is 1.50. The van der Waals surface area contributed by atoms with E-state index in [9.17, 15) is 0 Å². The number of methoxy groups -OCH3 is 1. The number of likely N-dealkylation sites (N-methyl/N-ethyl adjacent to an activating group) is 1. The third-order valence-corrected chi connectivity index (χ3v) is 3.31. The lowest BCUT2D eigenvalue weighted by Gasteiger charge is -2.30. The summed E-state index contributed by atoms with van der Waals surface area (Å²) in [6, 6.07) is 7.89. The van der Waals surface area contributed by atoms with Crippen molar-refractivity contribution in [3.8, 4) is 18.1 Å². The van der Waals surface area contributed by atoms with Gasteiger partial charge in [-0.25, -0.2) is 0 Å². The molecule has 0 bridgehead atoms. The number of ether oxygens (including phenoxy) is 2. The highest BCUT2D eigenvalue weighted by atomic mass is 16.5. The van der Waals surface area contributed by atoms with Gasteiger partial charge in [-0.15, -0.1) is 6.42 Å². The molecule has 0 saturated carbocycles. The van der Waals surface area contributed by atoms with Crippen molar-refractivity contribution in [1.29, 1.82) is 0 Å². The molecule has 0 aliphatic heterocycles.